The van der Waals surface area contributed by atoms with Crippen LogP contribution in [0.3, 0.4) is 0 Å². The topological polar surface area (TPSA) is 47.3 Å². The summed E-state index contributed by atoms with van der Waals surface area (Å²) in [4.78, 5) is 17.4. The van der Waals surface area contributed by atoms with Gasteiger partial charge in [-0.1, -0.05) is 6.07 Å². The predicted molar refractivity (Wildman–Crippen MR) is 85.4 cm³/mol. The van der Waals surface area contributed by atoms with Gasteiger partial charge in [-0.3, -0.25) is 9.69 Å². The van der Waals surface area contributed by atoms with Crippen LogP contribution in [0.15, 0.2) is 24.3 Å². The zero-order valence-electron chi connectivity index (χ0n) is 13.5. The summed E-state index contributed by atoms with van der Waals surface area (Å²) in [5.41, 5.74) is 1.19. The first-order valence-corrected chi connectivity index (χ1v) is 8.07. The van der Waals surface area contributed by atoms with E-state index in [9.17, 15) is 4.79 Å². The lowest BCUT2D eigenvalue weighted by atomic mass is 9.94. The van der Waals surface area contributed by atoms with E-state index < -0.39 is 0 Å². The molecule has 2 unspecified atom stereocenters. The second-order valence-corrected chi connectivity index (χ2v) is 6.77. The van der Waals surface area contributed by atoms with Gasteiger partial charge in [-0.2, -0.15) is 5.26 Å². The molecule has 2 aliphatic heterocycles. The van der Waals surface area contributed by atoms with Gasteiger partial charge in [0.2, 0.25) is 0 Å². The molecule has 22 heavy (non-hydrogen) atoms. The minimum atomic E-state index is 0.0873. The molecule has 0 aliphatic carbocycles. The van der Waals surface area contributed by atoms with Gasteiger partial charge in [0.25, 0.3) is 5.91 Å². The van der Waals surface area contributed by atoms with E-state index in [0.29, 0.717) is 35.3 Å². The van der Waals surface area contributed by atoms with Crippen molar-refractivity contribution < 1.29 is 4.79 Å². The highest BCUT2D eigenvalue weighted by molar-refractivity contribution is 5.95. The van der Waals surface area contributed by atoms with Crippen molar-refractivity contribution >= 4 is 5.91 Å². The van der Waals surface area contributed by atoms with E-state index in [4.69, 9.17) is 5.26 Å². The summed E-state index contributed by atoms with van der Waals surface area (Å²) in [5, 5.41) is 9.02. The molecule has 116 valence electrons. The molecule has 2 saturated heterocycles. The van der Waals surface area contributed by atoms with Crippen molar-refractivity contribution in [2.24, 2.45) is 0 Å². The van der Waals surface area contributed by atoms with Crippen molar-refractivity contribution in [3.63, 3.8) is 0 Å². The summed E-state index contributed by atoms with van der Waals surface area (Å²) in [7, 11) is 2.16. The number of nitriles is 1. The molecule has 0 saturated carbocycles. The van der Waals surface area contributed by atoms with Crippen LogP contribution in [0, 0.1) is 11.3 Å². The fourth-order valence-corrected chi connectivity index (χ4v) is 3.97. The van der Waals surface area contributed by atoms with Crippen LogP contribution in [0.1, 0.15) is 49.0 Å². The van der Waals surface area contributed by atoms with Gasteiger partial charge in [0.15, 0.2) is 0 Å². The maximum atomic E-state index is 12.9. The Labute approximate surface area is 132 Å². The summed E-state index contributed by atoms with van der Waals surface area (Å²) in [6.07, 6.45) is 3.27. The first-order valence-electron chi connectivity index (χ1n) is 8.07. The second-order valence-electron chi connectivity index (χ2n) is 6.77. The maximum Gasteiger partial charge on any atom is 0.254 e. The molecule has 0 spiro atoms. The lowest BCUT2D eigenvalue weighted by molar-refractivity contribution is 0.0694. The Morgan fingerprint density at radius 3 is 2.86 bits per heavy atom. The van der Waals surface area contributed by atoms with Gasteiger partial charge in [0, 0.05) is 29.7 Å². The Morgan fingerprint density at radius 2 is 2.18 bits per heavy atom. The summed E-state index contributed by atoms with van der Waals surface area (Å²) in [6, 6.07) is 10.8. The molecule has 3 rings (SSSR count). The SMILES string of the molecule is CC(C)N(C)[C@@H]1CC2CCC1N2C(=O)c1cccc(C#N)c1. The monoisotopic (exact) mass is 297 g/mol. The minimum Gasteiger partial charge on any atom is -0.331 e. The Bertz CT molecular complexity index is 619. The molecule has 2 heterocycles. The van der Waals surface area contributed by atoms with Crippen LogP contribution in [0.5, 0.6) is 0 Å². The van der Waals surface area contributed by atoms with Gasteiger partial charge < -0.3 is 4.90 Å². The molecule has 1 aromatic rings. The van der Waals surface area contributed by atoms with Crippen molar-refractivity contribution in [2.45, 2.75) is 57.3 Å². The number of fused-ring (bicyclic) bond motifs is 2. The van der Waals surface area contributed by atoms with Crippen molar-refractivity contribution in [1.29, 1.82) is 5.26 Å². The third kappa shape index (κ3) is 2.40. The summed E-state index contributed by atoms with van der Waals surface area (Å²) in [5.74, 6) is 0.0873. The highest BCUT2D eigenvalue weighted by Gasteiger charge is 2.50. The molecular weight excluding hydrogens is 274 g/mol. The van der Waals surface area contributed by atoms with E-state index in [1.165, 1.54) is 0 Å². The summed E-state index contributed by atoms with van der Waals surface area (Å²) < 4.78 is 0. The first kappa shape index (κ1) is 15.1. The zero-order valence-corrected chi connectivity index (χ0v) is 13.5. The van der Waals surface area contributed by atoms with E-state index in [0.717, 1.165) is 19.3 Å². The number of carbonyl (C=O) groups excluding carboxylic acids is 1. The number of rotatable bonds is 3. The largest absolute Gasteiger partial charge is 0.331 e. The van der Waals surface area contributed by atoms with Crippen LogP contribution >= 0.6 is 0 Å². The van der Waals surface area contributed by atoms with Gasteiger partial charge in [-0.15, -0.1) is 0 Å². The van der Waals surface area contributed by atoms with Gasteiger partial charge in [0.1, 0.15) is 0 Å². The van der Waals surface area contributed by atoms with E-state index >= 15 is 0 Å². The predicted octanol–water partition coefficient (Wildman–Crippen LogP) is 2.64. The summed E-state index contributed by atoms with van der Waals surface area (Å²) >= 11 is 0. The van der Waals surface area contributed by atoms with Crippen molar-refractivity contribution in [1.82, 2.24) is 9.80 Å². The van der Waals surface area contributed by atoms with Crippen LogP contribution in [0.2, 0.25) is 0 Å². The minimum absolute atomic E-state index is 0.0873. The number of nitrogens with zero attached hydrogens (tertiary/aromatic N) is 3. The van der Waals surface area contributed by atoms with Gasteiger partial charge in [-0.25, -0.2) is 0 Å². The molecule has 0 radical (unpaired) electrons. The van der Waals surface area contributed by atoms with Crippen molar-refractivity contribution in [2.75, 3.05) is 7.05 Å². The molecule has 0 aromatic heterocycles. The second kappa shape index (κ2) is 5.73. The number of benzene rings is 1. The third-order valence-electron chi connectivity index (χ3n) is 5.31. The third-order valence-corrected chi connectivity index (χ3v) is 5.31. The van der Waals surface area contributed by atoms with Gasteiger partial charge in [0.05, 0.1) is 11.6 Å². The number of carbonyl (C=O) groups is 1. The number of likely N-dealkylation sites (N-methyl/N-ethyl adjacent to an activating group) is 1. The Balaban J connectivity index is 1.83. The zero-order chi connectivity index (χ0) is 15.9. The first-order chi connectivity index (χ1) is 10.5. The maximum absolute atomic E-state index is 12.9. The fourth-order valence-electron chi connectivity index (χ4n) is 3.97. The van der Waals surface area contributed by atoms with Crippen LogP contribution in [-0.2, 0) is 0 Å². The normalized spacial score (nSPS) is 26.7. The van der Waals surface area contributed by atoms with Crippen LogP contribution in [0.25, 0.3) is 0 Å². The summed E-state index contributed by atoms with van der Waals surface area (Å²) in [6.45, 7) is 4.41. The molecular formula is C18H23N3O. The molecule has 0 N–H and O–H groups in total. The Morgan fingerprint density at radius 1 is 1.41 bits per heavy atom. The standard InChI is InChI=1S/C18H23N3O/c1-12(2)20(3)17-10-15-7-8-16(17)21(15)18(22)14-6-4-5-13(9-14)11-19/h4-6,9,12,15-17H,7-8,10H2,1-3H3/t15?,16?,17-/m1/s1. The molecule has 2 aliphatic rings. The highest BCUT2D eigenvalue weighted by atomic mass is 16.2. The van der Waals surface area contributed by atoms with Crippen molar-refractivity contribution in [3.05, 3.63) is 35.4 Å². The smallest absolute Gasteiger partial charge is 0.254 e. The highest BCUT2D eigenvalue weighted by Crippen LogP contribution is 2.41. The molecule has 1 aromatic carbocycles. The van der Waals surface area contributed by atoms with Gasteiger partial charge in [-0.05, 0) is 58.4 Å². The van der Waals surface area contributed by atoms with Crippen molar-refractivity contribution in [3.8, 4) is 6.07 Å². The van der Waals surface area contributed by atoms with Crippen LogP contribution < -0.4 is 0 Å². The number of hydrogen-bond donors (Lipinski definition) is 0. The number of amides is 1. The Kier molecular flexibility index (Phi) is 3.92. The molecule has 2 bridgehead atoms. The molecule has 3 atom stereocenters. The van der Waals surface area contributed by atoms with Crippen LogP contribution in [-0.4, -0.2) is 46.9 Å². The fraction of sp³-hybridized carbons (Fsp3) is 0.556. The van der Waals surface area contributed by atoms with E-state index in [2.05, 4.69) is 36.8 Å². The van der Waals surface area contributed by atoms with E-state index in [1.807, 2.05) is 6.07 Å². The molecule has 4 heteroatoms. The quantitative estimate of drug-likeness (QED) is 0.861. The van der Waals surface area contributed by atoms with Crippen LogP contribution in [0.4, 0.5) is 0 Å². The Hall–Kier alpha value is -1.86. The lowest BCUT2D eigenvalue weighted by Crippen LogP contribution is -2.46. The van der Waals surface area contributed by atoms with E-state index in [-0.39, 0.29) is 5.91 Å². The average molecular weight is 297 g/mol. The average Bonchev–Trinajstić information content (AvgIpc) is 3.11. The molecule has 2 fully saturated rings. The molecule has 1 amide bonds. The molecule has 4 nitrogen and oxygen atoms in total. The lowest BCUT2D eigenvalue weighted by Gasteiger charge is -2.34. The number of hydrogen-bond acceptors (Lipinski definition) is 3. The van der Waals surface area contributed by atoms with E-state index in [1.54, 1.807) is 18.2 Å². The van der Waals surface area contributed by atoms with Gasteiger partial charge >= 0.3 is 0 Å².